The summed E-state index contributed by atoms with van der Waals surface area (Å²) in [4.78, 5) is 25.7. The smallest absolute Gasteiger partial charge is 0.315 e. The first-order chi connectivity index (χ1) is 13.0. The molecule has 3 N–H and O–H groups in total. The van der Waals surface area contributed by atoms with Crippen LogP contribution in [0.2, 0.25) is 0 Å². The Bertz CT molecular complexity index is 582. The fraction of sp³-hybridized carbons (Fsp3) is 0.619. The van der Waals surface area contributed by atoms with Crippen LogP contribution < -0.4 is 10.6 Å². The molecular weight excluding hydrogens is 342 g/mol. The number of aliphatic carboxylic acids is 1. The van der Waals surface area contributed by atoms with Gasteiger partial charge in [0.15, 0.2) is 0 Å². The number of rotatable bonds is 9. The van der Waals surface area contributed by atoms with Gasteiger partial charge < -0.3 is 15.7 Å². The Hall–Kier alpha value is -2.08. The van der Waals surface area contributed by atoms with Crippen LogP contribution in [0, 0.1) is 5.92 Å². The van der Waals surface area contributed by atoms with Crippen LogP contribution in [-0.4, -0.2) is 53.7 Å². The lowest BCUT2D eigenvalue weighted by molar-refractivity contribution is -0.142. The van der Waals surface area contributed by atoms with Gasteiger partial charge in [-0.2, -0.15) is 0 Å². The molecule has 0 saturated heterocycles. The van der Waals surface area contributed by atoms with Gasteiger partial charge in [-0.25, -0.2) is 4.79 Å². The first-order valence-electron chi connectivity index (χ1n) is 10.1. The van der Waals surface area contributed by atoms with E-state index >= 15 is 0 Å². The number of carboxylic acid groups (broad SMARTS) is 1. The van der Waals surface area contributed by atoms with Gasteiger partial charge in [-0.05, 0) is 50.8 Å². The molecule has 0 spiro atoms. The van der Waals surface area contributed by atoms with Gasteiger partial charge in [0.05, 0.1) is 5.92 Å². The van der Waals surface area contributed by atoms with E-state index in [0.29, 0.717) is 19.4 Å². The summed E-state index contributed by atoms with van der Waals surface area (Å²) in [5.41, 5.74) is 1.27. The molecule has 1 aliphatic rings. The summed E-state index contributed by atoms with van der Waals surface area (Å²) in [5.74, 6) is -0.982. The van der Waals surface area contributed by atoms with Gasteiger partial charge in [0, 0.05) is 18.6 Å². The molecule has 0 bridgehead atoms. The second-order valence-electron chi connectivity index (χ2n) is 7.31. The zero-order chi connectivity index (χ0) is 19.6. The Morgan fingerprint density at radius 2 is 1.74 bits per heavy atom. The van der Waals surface area contributed by atoms with Gasteiger partial charge in [0.25, 0.3) is 0 Å². The fourth-order valence-corrected chi connectivity index (χ4v) is 3.89. The van der Waals surface area contributed by atoms with Crippen molar-refractivity contribution in [2.24, 2.45) is 5.92 Å². The number of likely N-dealkylation sites (N-methyl/N-ethyl adjacent to an activating group) is 1. The first kappa shape index (κ1) is 21.2. The topological polar surface area (TPSA) is 81.7 Å². The molecule has 1 unspecified atom stereocenters. The van der Waals surface area contributed by atoms with Crippen molar-refractivity contribution in [2.75, 3.05) is 19.6 Å². The van der Waals surface area contributed by atoms with E-state index in [4.69, 9.17) is 5.11 Å². The minimum Gasteiger partial charge on any atom is -0.481 e. The number of nitrogens with zero attached hydrogens (tertiary/aromatic N) is 1. The Morgan fingerprint density at radius 3 is 2.30 bits per heavy atom. The van der Waals surface area contributed by atoms with Crippen molar-refractivity contribution >= 4 is 12.0 Å². The number of hydrogen-bond donors (Lipinski definition) is 3. The lowest BCUT2D eigenvalue weighted by Gasteiger charge is -2.31. The highest BCUT2D eigenvalue weighted by molar-refractivity contribution is 5.74. The molecule has 1 aliphatic carbocycles. The molecule has 0 heterocycles. The number of nitrogens with one attached hydrogen (secondary N) is 2. The molecule has 2 amide bonds. The van der Waals surface area contributed by atoms with Crippen molar-refractivity contribution in [3.63, 3.8) is 0 Å². The molecule has 1 fully saturated rings. The maximum Gasteiger partial charge on any atom is 0.315 e. The van der Waals surface area contributed by atoms with E-state index in [1.807, 2.05) is 18.2 Å². The summed E-state index contributed by atoms with van der Waals surface area (Å²) in [6, 6.07) is 10.5. The maximum absolute atomic E-state index is 12.3. The zero-order valence-electron chi connectivity index (χ0n) is 16.5. The summed E-state index contributed by atoms with van der Waals surface area (Å²) >= 11 is 0. The Balaban J connectivity index is 1.82. The van der Waals surface area contributed by atoms with Crippen molar-refractivity contribution in [1.82, 2.24) is 15.5 Å². The van der Waals surface area contributed by atoms with Crippen LogP contribution >= 0.6 is 0 Å². The quantitative estimate of drug-likeness (QED) is 0.620. The molecule has 27 heavy (non-hydrogen) atoms. The summed E-state index contributed by atoms with van der Waals surface area (Å²) in [6.45, 7) is 6.75. The van der Waals surface area contributed by atoms with E-state index < -0.39 is 5.97 Å². The van der Waals surface area contributed by atoms with E-state index in [0.717, 1.165) is 32.4 Å². The number of carbonyl (C=O) groups is 2. The molecule has 150 valence electrons. The highest BCUT2D eigenvalue weighted by Crippen LogP contribution is 2.24. The largest absolute Gasteiger partial charge is 0.481 e. The number of amides is 2. The predicted octanol–water partition coefficient (Wildman–Crippen LogP) is 2.88. The third-order valence-electron chi connectivity index (χ3n) is 5.55. The molecule has 1 aromatic rings. The van der Waals surface area contributed by atoms with Gasteiger partial charge in [-0.3, -0.25) is 9.69 Å². The van der Waals surface area contributed by atoms with Crippen molar-refractivity contribution in [3.8, 4) is 0 Å². The van der Waals surface area contributed by atoms with Gasteiger partial charge in [0.2, 0.25) is 0 Å². The highest BCUT2D eigenvalue weighted by atomic mass is 16.4. The second-order valence-corrected chi connectivity index (χ2v) is 7.31. The van der Waals surface area contributed by atoms with Crippen molar-refractivity contribution in [3.05, 3.63) is 35.9 Å². The predicted molar refractivity (Wildman–Crippen MR) is 107 cm³/mol. The third-order valence-corrected chi connectivity index (χ3v) is 5.55. The van der Waals surface area contributed by atoms with E-state index in [1.54, 1.807) is 0 Å². The summed E-state index contributed by atoms with van der Waals surface area (Å²) in [6.07, 6.45) is 3.63. The number of hydrogen-bond acceptors (Lipinski definition) is 3. The average Bonchev–Trinajstić information content (AvgIpc) is 2.68. The molecule has 1 saturated carbocycles. The third kappa shape index (κ3) is 6.86. The standard InChI is InChI=1S/C21H33N3O3/c1-3-24(4-2)19(14-16-8-6-5-7-9-16)15-22-21(27)23-18-12-10-17(11-13-18)20(25)26/h5-9,17-19H,3-4,10-15H2,1-2H3,(H,25,26)(H2,22,23,27). The van der Waals surface area contributed by atoms with Crippen LogP contribution in [0.3, 0.4) is 0 Å². The number of benzene rings is 1. The van der Waals surface area contributed by atoms with Crippen molar-refractivity contribution < 1.29 is 14.7 Å². The number of urea groups is 1. The zero-order valence-corrected chi connectivity index (χ0v) is 16.5. The van der Waals surface area contributed by atoms with Crippen molar-refractivity contribution in [2.45, 2.75) is 58.0 Å². The van der Waals surface area contributed by atoms with Crippen molar-refractivity contribution in [1.29, 1.82) is 0 Å². The molecule has 6 nitrogen and oxygen atoms in total. The van der Waals surface area contributed by atoms with Crippen LogP contribution in [-0.2, 0) is 11.2 Å². The molecule has 0 aliphatic heterocycles. The molecule has 0 radical (unpaired) electrons. The Kier molecular flexibility index (Phi) is 8.58. The lowest BCUT2D eigenvalue weighted by atomic mass is 9.86. The molecule has 1 atom stereocenters. The van der Waals surface area contributed by atoms with E-state index in [1.165, 1.54) is 5.56 Å². The Labute approximate surface area is 162 Å². The minimum atomic E-state index is -0.721. The summed E-state index contributed by atoms with van der Waals surface area (Å²) in [5, 5.41) is 15.1. The first-order valence-corrected chi connectivity index (χ1v) is 10.1. The van der Waals surface area contributed by atoms with E-state index in [-0.39, 0.29) is 24.0 Å². The number of carboxylic acids is 1. The highest BCUT2D eigenvalue weighted by Gasteiger charge is 2.27. The normalized spacial score (nSPS) is 20.9. The van der Waals surface area contributed by atoms with Gasteiger partial charge in [0.1, 0.15) is 0 Å². The van der Waals surface area contributed by atoms with Gasteiger partial charge in [-0.1, -0.05) is 44.2 Å². The minimum absolute atomic E-state index is 0.0710. The molecule has 0 aromatic heterocycles. The SMILES string of the molecule is CCN(CC)C(CNC(=O)NC1CCC(C(=O)O)CC1)Cc1ccccc1. The van der Waals surface area contributed by atoms with E-state index in [2.05, 4.69) is 41.5 Å². The average molecular weight is 376 g/mol. The fourth-order valence-electron chi connectivity index (χ4n) is 3.89. The van der Waals surface area contributed by atoms with Crippen LogP contribution in [0.25, 0.3) is 0 Å². The molecular formula is C21H33N3O3. The van der Waals surface area contributed by atoms with Crippen LogP contribution in [0.1, 0.15) is 45.1 Å². The maximum atomic E-state index is 12.3. The Morgan fingerprint density at radius 1 is 1.11 bits per heavy atom. The van der Waals surface area contributed by atoms with Crippen LogP contribution in [0.15, 0.2) is 30.3 Å². The molecule has 6 heteroatoms. The second kappa shape index (κ2) is 10.9. The van der Waals surface area contributed by atoms with E-state index in [9.17, 15) is 9.59 Å². The molecule has 1 aromatic carbocycles. The monoisotopic (exact) mass is 375 g/mol. The van der Waals surface area contributed by atoms with Gasteiger partial charge in [-0.15, -0.1) is 0 Å². The molecule has 2 rings (SSSR count). The number of carbonyl (C=O) groups excluding carboxylic acids is 1. The summed E-state index contributed by atoms with van der Waals surface area (Å²) < 4.78 is 0. The summed E-state index contributed by atoms with van der Waals surface area (Å²) in [7, 11) is 0. The van der Waals surface area contributed by atoms with Crippen LogP contribution in [0.4, 0.5) is 4.79 Å². The van der Waals surface area contributed by atoms with Crippen LogP contribution in [0.5, 0.6) is 0 Å². The van der Waals surface area contributed by atoms with Gasteiger partial charge >= 0.3 is 12.0 Å². The lowest BCUT2D eigenvalue weighted by Crippen LogP contribution is -2.50.